The van der Waals surface area contributed by atoms with Crippen LogP contribution in [0.4, 0.5) is 0 Å². The second kappa shape index (κ2) is 6.36. The van der Waals surface area contributed by atoms with Crippen molar-refractivity contribution in [1.82, 2.24) is 15.1 Å². The maximum Gasteiger partial charge on any atom is 0.0189 e. The van der Waals surface area contributed by atoms with Gasteiger partial charge in [0.15, 0.2) is 0 Å². The van der Waals surface area contributed by atoms with Crippen LogP contribution < -0.4 is 5.32 Å². The summed E-state index contributed by atoms with van der Waals surface area (Å²) in [6.07, 6.45) is 6.85. The van der Waals surface area contributed by atoms with Crippen molar-refractivity contribution in [2.75, 3.05) is 27.2 Å². The normalized spacial score (nSPS) is 34.2. The van der Waals surface area contributed by atoms with Crippen LogP contribution in [-0.4, -0.2) is 61.2 Å². The van der Waals surface area contributed by atoms with Crippen molar-refractivity contribution in [3.05, 3.63) is 0 Å². The van der Waals surface area contributed by atoms with Crippen molar-refractivity contribution in [3.8, 4) is 0 Å². The molecule has 106 valence electrons. The molecule has 0 saturated carbocycles. The Morgan fingerprint density at radius 3 is 2.33 bits per heavy atom. The summed E-state index contributed by atoms with van der Waals surface area (Å²) in [5.41, 5.74) is 0. The average molecular weight is 253 g/mol. The molecule has 1 N–H and O–H groups in total. The van der Waals surface area contributed by atoms with Gasteiger partial charge in [0, 0.05) is 30.7 Å². The molecule has 0 spiro atoms. The topological polar surface area (TPSA) is 18.5 Å². The third-order valence-electron chi connectivity index (χ3n) is 4.92. The summed E-state index contributed by atoms with van der Waals surface area (Å²) < 4.78 is 0. The molecule has 0 amide bonds. The highest BCUT2D eigenvalue weighted by Gasteiger charge is 2.40. The Morgan fingerprint density at radius 1 is 1.22 bits per heavy atom. The summed E-state index contributed by atoms with van der Waals surface area (Å²) >= 11 is 0. The van der Waals surface area contributed by atoms with Gasteiger partial charge in [0.2, 0.25) is 0 Å². The van der Waals surface area contributed by atoms with E-state index >= 15 is 0 Å². The quantitative estimate of drug-likeness (QED) is 0.780. The molecule has 0 aromatic carbocycles. The largest absolute Gasteiger partial charge is 0.314 e. The van der Waals surface area contributed by atoms with Crippen molar-refractivity contribution in [2.45, 2.75) is 70.1 Å². The van der Waals surface area contributed by atoms with Crippen LogP contribution >= 0.6 is 0 Å². The number of rotatable bonds is 6. The molecule has 2 heterocycles. The van der Waals surface area contributed by atoms with Gasteiger partial charge >= 0.3 is 0 Å². The van der Waals surface area contributed by atoms with Gasteiger partial charge in [-0.3, -0.25) is 4.90 Å². The minimum absolute atomic E-state index is 0.674. The van der Waals surface area contributed by atoms with E-state index in [1.165, 1.54) is 45.2 Å². The lowest BCUT2D eigenvalue weighted by Crippen LogP contribution is -2.52. The molecule has 3 heteroatoms. The molecular weight excluding hydrogens is 222 g/mol. The minimum Gasteiger partial charge on any atom is -0.314 e. The van der Waals surface area contributed by atoms with Crippen molar-refractivity contribution >= 4 is 0 Å². The Hall–Kier alpha value is -0.120. The first-order chi connectivity index (χ1) is 8.61. The molecule has 2 aliphatic rings. The lowest BCUT2D eigenvalue weighted by Gasteiger charge is -2.41. The van der Waals surface area contributed by atoms with Crippen molar-refractivity contribution in [2.24, 2.45) is 0 Å². The molecule has 0 aromatic heterocycles. The molecule has 2 rings (SSSR count). The van der Waals surface area contributed by atoms with E-state index in [4.69, 9.17) is 0 Å². The van der Waals surface area contributed by atoms with Gasteiger partial charge in [0.05, 0.1) is 0 Å². The molecule has 2 fully saturated rings. The van der Waals surface area contributed by atoms with Crippen molar-refractivity contribution in [3.63, 3.8) is 0 Å². The third kappa shape index (κ3) is 3.25. The van der Waals surface area contributed by atoms with E-state index < -0.39 is 0 Å². The fourth-order valence-corrected chi connectivity index (χ4v) is 3.56. The first-order valence-electron chi connectivity index (χ1n) is 7.77. The zero-order valence-electron chi connectivity index (χ0n) is 12.7. The number of hydrogen-bond acceptors (Lipinski definition) is 3. The van der Waals surface area contributed by atoms with Gasteiger partial charge in [0.25, 0.3) is 0 Å². The Bertz CT molecular complexity index is 240. The Kier molecular flexibility index (Phi) is 5.05. The van der Waals surface area contributed by atoms with Crippen LogP contribution in [0.3, 0.4) is 0 Å². The van der Waals surface area contributed by atoms with E-state index in [2.05, 4.69) is 43.1 Å². The van der Waals surface area contributed by atoms with Crippen LogP contribution in [-0.2, 0) is 0 Å². The molecule has 2 aliphatic heterocycles. The van der Waals surface area contributed by atoms with Crippen LogP contribution in [0.5, 0.6) is 0 Å². The molecule has 2 bridgehead atoms. The van der Waals surface area contributed by atoms with Gasteiger partial charge in [-0.05, 0) is 59.7 Å². The van der Waals surface area contributed by atoms with Gasteiger partial charge < -0.3 is 10.2 Å². The highest BCUT2D eigenvalue weighted by molar-refractivity contribution is 4.98. The molecular formula is C15H31N3. The van der Waals surface area contributed by atoms with Crippen LogP contribution in [0.2, 0.25) is 0 Å². The van der Waals surface area contributed by atoms with Crippen molar-refractivity contribution < 1.29 is 0 Å². The first-order valence-corrected chi connectivity index (χ1v) is 7.77. The number of nitrogens with one attached hydrogen (secondary N) is 1. The Balaban J connectivity index is 1.86. The Morgan fingerprint density at radius 2 is 1.83 bits per heavy atom. The number of piperidine rings is 1. The van der Waals surface area contributed by atoms with Gasteiger partial charge in [0.1, 0.15) is 0 Å². The van der Waals surface area contributed by atoms with Crippen LogP contribution in [0.1, 0.15) is 46.0 Å². The summed E-state index contributed by atoms with van der Waals surface area (Å²) in [5.74, 6) is 0. The van der Waals surface area contributed by atoms with E-state index in [1.807, 2.05) is 0 Å². The lowest BCUT2D eigenvalue weighted by molar-refractivity contribution is 0.0889. The van der Waals surface area contributed by atoms with E-state index in [0.717, 1.165) is 18.1 Å². The highest BCUT2D eigenvalue weighted by Crippen LogP contribution is 2.35. The maximum absolute atomic E-state index is 3.73. The maximum atomic E-state index is 3.73. The SMILES string of the molecule is CCCNC1CC2CCC(C1)N2CC(C)N(C)C. The average Bonchev–Trinajstić information content (AvgIpc) is 2.59. The first kappa shape index (κ1) is 14.3. The number of likely N-dealkylation sites (N-methyl/N-ethyl adjacent to an activating group) is 1. The van der Waals surface area contributed by atoms with Gasteiger partial charge in [-0.25, -0.2) is 0 Å². The molecule has 3 atom stereocenters. The van der Waals surface area contributed by atoms with Gasteiger partial charge in [-0.2, -0.15) is 0 Å². The number of fused-ring (bicyclic) bond motifs is 2. The molecule has 0 aliphatic carbocycles. The zero-order chi connectivity index (χ0) is 13.1. The van der Waals surface area contributed by atoms with Crippen LogP contribution in [0, 0.1) is 0 Å². The van der Waals surface area contributed by atoms with Crippen LogP contribution in [0.25, 0.3) is 0 Å². The lowest BCUT2D eigenvalue weighted by atomic mass is 9.96. The van der Waals surface area contributed by atoms with E-state index in [-0.39, 0.29) is 0 Å². The van der Waals surface area contributed by atoms with Crippen molar-refractivity contribution in [1.29, 1.82) is 0 Å². The summed E-state index contributed by atoms with van der Waals surface area (Å²) in [6, 6.07) is 3.16. The fraction of sp³-hybridized carbons (Fsp3) is 1.00. The predicted molar refractivity (Wildman–Crippen MR) is 78.0 cm³/mol. The second-order valence-electron chi connectivity index (χ2n) is 6.52. The molecule has 0 radical (unpaired) electrons. The summed E-state index contributed by atoms with van der Waals surface area (Å²) in [4.78, 5) is 5.15. The molecule has 3 unspecified atom stereocenters. The Labute approximate surface area is 113 Å². The minimum atomic E-state index is 0.674. The zero-order valence-corrected chi connectivity index (χ0v) is 12.7. The monoisotopic (exact) mass is 253 g/mol. The third-order valence-corrected chi connectivity index (χ3v) is 4.92. The molecule has 2 saturated heterocycles. The second-order valence-corrected chi connectivity index (χ2v) is 6.52. The fourth-order valence-electron chi connectivity index (χ4n) is 3.56. The molecule has 3 nitrogen and oxygen atoms in total. The van der Waals surface area contributed by atoms with E-state index in [0.29, 0.717) is 6.04 Å². The molecule has 0 aromatic rings. The van der Waals surface area contributed by atoms with E-state index in [9.17, 15) is 0 Å². The van der Waals surface area contributed by atoms with Gasteiger partial charge in [-0.1, -0.05) is 6.92 Å². The smallest absolute Gasteiger partial charge is 0.0189 e. The number of nitrogens with zero attached hydrogens (tertiary/aromatic N) is 2. The molecule has 18 heavy (non-hydrogen) atoms. The summed E-state index contributed by atoms with van der Waals surface area (Å²) in [5, 5.41) is 3.73. The summed E-state index contributed by atoms with van der Waals surface area (Å²) in [7, 11) is 4.39. The van der Waals surface area contributed by atoms with Crippen LogP contribution in [0.15, 0.2) is 0 Å². The standard InChI is InChI=1S/C15H31N3/c1-5-8-16-13-9-14-6-7-15(10-13)18(14)11-12(2)17(3)4/h12-16H,5-11H2,1-4H3. The summed E-state index contributed by atoms with van der Waals surface area (Å²) in [6.45, 7) is 7.05. The van der Waals surface area contributed by atoms with E-state index in [1.54, 1.807) is 0 Å². The highest BCUT2D eigenvalue weighted by atomic mass is 15.3. The van der Waals surface area contributed by atoms with Gasteiger partial charge in [-0.15, -0.1) is 0 Å². The number of hydrogen-bond donors (Lipinski definition) is 1. The predicted octanol–water partition coefficient (Wildman–Crippen LogP) is 1.93.